The Labute approximate surface area is 113 Å². The van der Waals surface area contributed by atoms with Gasteiger partial charge in [-0.05, 0) is 33.6 Å². The lowest BCUT2D eigenvalue weighted by Crippen LogP contribution is -2.43. The molecule has 2 aliphatic rings. The van der Waals surface area contributed by atoms with Crippen molar-refractivity contribution in [1.82, 2.24) is 10.6 Å². The molecule has 0 bridgehead atoms. The number of hydrogen-bond acceptors (Lipinski definition) is 3. The smallest absolute Gasteiger partial charge is 0.242 e. The van der Waals surface area contributed by atoms with Crippen LogP contribution in [0.15, 0.2) is 4.99 Å². The van der Waals surface area contributed by atoms with Crippen molar-refractivity contribution in [3.8, 4) is 0 Å². The van der Waals surface area contributed by atoms with Crippen molar-refractivity contribution < 1.29 is 4.79 Å². The van der Waals surface area contributed by atoms with Gasteiger partial charge in [0.25, 0.3) is 0 Å². The fourth-order valence-electron chi connectivity index (χ4n) is 2.51. The molecular formula is C13H23N3OS. The van der Waals surface area contributed by atoms with Gasteiger partial charge in [-0.2, -0.15) is 0 Å². The van der Waals surface area contributed by atoms with Gasteiger partial charge in [-0.25, -0.2) is 0 Å². The highest BCUT2D eigenvalue weighted by atomic mass is 32.2. The van der Waals surface area contributed by atoms with Crippen LogP contribution < -0.4 is 10.6 Å². The SMILES string of the molecule is CC(C)(C)NC(=O)CN=C1NC2(CCCC2)CS1. The van der Waals surface area contributed by atoms with Gasteiger partial charge in [-0.3, -0.25) is 9.79 Å². The lowest BCUT2D eigenvalue weighted by atomic mass is 10.0. The highest BCUT2D eigenvalue weighted by molar-refractivity contribution is 8.14. The Morgan fingerprint density at radius 1 is 1.44 bits per heavy atom. The van der Waals surface area contributed by atoms with E-state index in [2.05, 4.69) is 15.6 Å². The quantitative estimate of drug-likeness (QED) is 0.805. The summed E-state index contributed by atoms with van der Waals surface area (Å²) in [7, 11) is 0. The molecule has 0 aromatic heterocycles. The summed E-state index contributed by atoms with van der Waals surface area (Å²) in [6.45, 7) is 6.17. The molecule has 5 heteroatoms. The molecule has 2 fully saturated rings. The summed E-state index contributed by atoms with van der Waals surface area (Å²) in [4.78, 5) is 16.1. The van der Waals surface area contributed by atoms with Crippen LogP contribution in [-0.2, 0) is 4.79 Å². The van der Waals surface area contributed by atoms with Gasteiger partial charge in [-0.15, -0.1) is 0 Å². The average Bonchev–Trinajstić information content (AvgIpc) is 2.85. The number of amidine groups is 1. The van der Waals surface area contributed by atoms with Gasteiger partial charge < -0.3 is 10.6 Å². The molecule has 0 unspecified atom stereocenters. The van der Waals surface area contributed by atoms with E-state index in [-0.39, 0.29) is 23.5 Å². The second-order valence-corrected chi connectivity index (χ2v) is 7.28. The molecule has 102 valence electrons. The number of nitrogens with one attached hydrogen (secondary N) is 2. The molecule has 2 rings (SSSR count). The van der Waals surface area contributed by atoms with Crippen LogP contribution >= 0.6 is 11.8 Å². The maximum Gasteiger partial charge on any atom is 0.242 e. The van der Waals surface area contributed by atoms with Gasteiger partial charge in [0, 0.05) is 16.8 Å². The number of amides is 1. The van der Waals surface area contributed by atoms with Gasteiger partial charge >= 0.3 is 0 Å². The summed E-state index contributed by atoms with van der Waals surface area (Å²) in [6.07, 6.45) is 5.11. The van der Waals surface area contributed by atoms with Gasteiger partial charge in [0.15, 0.2) is 5.17 Å². The fraction of sp³-hybridized carbons (Fsp3) is 0.846. The zero-order chi connectivity index (χ0) is 13.2. The first kappa shape index (κ1) is 13.7. The van der Waals surface area contributed by atoms with Crippen molar-refractivity contribution in [2.45, 2.75) is 57.5 Å². The van der Waals surface area contributed by atoms with E-state index in [4.69, 9.17) is 0 Å². The molecule has 0 aromatic rings. The molecule has 18 heavy (non-hydrogen) atoms. The van der Waals surface area contributed by atoms with Gasteiger partial charge in [-0.1, -0.05) is 24.6 Å². The molecule has 1 amide bonds. The highest BCUT2D eigenvalue weighted by Gasteiger charge is 2.39. The summed E-state index contributed by atoms with van der Waals surface area (Å²) in [6, 6.07) is 0. The van der Waals surface area contributed by atoms with E-state index >= 15 is 0 Å². The summed E-state index contributed by atoms with van der Waals surface area (Å²) in [5.74, 6) is 1.09. The van der Waals surface area contributed by atoms with Crippen LogP contribution in [0.4, 0.5) is 0 Å². The van der Waals surface area contributed by atoms with Crippen LogP contribution in [0, 0.1) is 0 Å². The number of hydrogen-bond donors (Lipinski definition) is 2. The number of thioether (sulfide) groups is 1. The maximum absolute atomic E-state index is 11.7. The van der Waals surface area contributed by atoms with Crippen molar-refractivity contribution in [2.75, 3.05) is 12.3 Å². The first-order valence-corrected chi connectivity index (χ1v) is 7.64. The Balaban J connectivity index is 1.82. The second-order valence-electron chi connectivity index (χ2n) is 6.32. The summed E-state index contributed by atoms with van der Waals surface area (Å²) in [5.41, 5.74) is 0.101. The van der Waals surface area contributed by atoms with Crippen LogP contribution in [0.5, 0.6) is 0 Å². The van der Waals surface area contributed by atoms with Crippen molar-refractivity contribution in [2.24, 2.45) is 4.99 Å². The van der Waals surface area contributed by atoms with E-state index in [1.165, 1.54) is 25.7 Å². The van der Waals surface area contributed by atoms with E-state index < -0.39 is 0 Å². The molecule has 0 atom stereocenters. The van der Waals surface area contributed by atoms with Crippen LogP contribution in [0.2, 0.25) is 0 Å². The summed E-state index contributed by atoms with van der Waals surface area (Å²) < 4.78 is 0. The van der Waals surface area contributed by atoms with E-state index in [9.17, 15) is 4.79 Å². The maximum atomic E-state index is 11.7. The van der Waals surface area contributed by atoms with Crippen LogP contribution in [0.1, 0.15) is 46.5 Å². The standard InChI is InChI=1S/C13H23N3OS/c1-12(2,3)15-10(17)8-14-11-16-13(9-18-11)6-4-5-7-13/h4-9H2,1-3H3,(H,14,16)(H,15,17). The molecule has 1 heterocycles. The summed E-state index contributed by atoms with van der Waals surface area (Å²) >= 11 is 1.76. The first-order chi connectivity index (χ1) is 8.39. The Kier molecular flexibility index (Phi) is 3.90. The van der Waals surface area contributed by atoms with Gasteiger partial charge in [0.05, 0.1) is 0 Å². The minimum atomic E-state index is -0.180. The number of aliphatic imine (C=N–C) groups is 1. The minimum absolute atomic E-state index is 0.00947. The highest BCUT2D eigenvalue weighted by Crippen LogP contribution is 2.37. The van der Waals surface area contributed by atoms with E-state index in [0.29, 0.717) is 0 Å². The van der Waals surface area contributed by atoms with E-state index in [1.807, 2.05) is 20.8 Å². The lowest BCUT2D eigenvalue weighted by Gasteiger charge is -2.22. The predicted octanol–water partition coefficient (Wildman–Crippen LogP) is 1.91. The number of carbonyl (C=O) groups is 1. The molecule has 1 aliphatic heterocycles. The Morgan fingerprint density at radius 3 is 2.72 bits per heavy atom. The topological polar surface area (TPSA) is 53.5 Å². The molecular weight excluding hydrogens is 246 g/mol. The normalized spacial score (nSPS) is 24.5. The third kappa shape index (κ3) is 3.64. The third-order valence-corrected chi connectivity index (χ3v) is 4.50. The molecule has 2 N–H and O–H groups in total. The molecule has 0 radical (unpaired) electrons. The molecule has 4 nitrogen and oxygen atoms in total. The zero-order valence-corrected chi connectivity index (χ0v) is 12.3. The zero-order valence-electron chi connectivity index (χ0n) is 11.5. The Morgan fingerprint density at radius 2 is 2.11 bits per heavy atom. The average molecular weight is 269 g/mol. The van der Waals surface area contributed by atoms with E-state index in [0.717, 1.165) is 10.9 Å². The van der Waals surface area contributed by atoms with E-state index in [1.54, 1.807) is 11.8 Å². The molecule has 1 spiro atoms. The number of rotatable bonds is 2. The predicted molar refractivity (Wildman–Crippen MR) is 77.0 cm³/mol. The first-order valence-electron chi connectivity index (χ1n) is 6.65. The van der Waals surface area contributed by atoms with Crippen LogP contribution in [-0.4, -0.2) is 34.5 Å². The number of nitrogens with zero attached hydrogens (tertiary/aromatic N) is 1. The number of carbonyl (C=O) groups excluding carboxylic acids is 1. The van der Waals surface area contributed by atoms with Crippen molar-refractivity contribution in [3.05, 3.63) is 0 Å². The van der Waals surface area contributed by atoms with Crippen LogP contribution in [0.25, 0.3) is 0 Å². The molecule has 1 aliphatic carbocycles. The Hall–Kier alpha value is -0.710. The third-order valence-electron chi connectivity index (χ3n) is 3.30. The minimum Gasteiger partial charge on any atom is -0.359 e. The van der Waals surface area contributed by atoms with Gasteiger partial charge in [0.2, 0.25) is 5.91 Å². The van der Waals surface area contributed by atoms with Crippen molar-refractivity contribution in [3.63, 3.8) is 0 Å². The molecule has 1 saturated heterocycles. The van der Waals surface area contributed by atoms with Crippen LogP contribution in [0.3, 0.4) is 0 Å². The molecule has 0 aromatic carbocycles. The largest absolute Gasteiger partial charge is 0.359 e. The van der Waals surface area contributed by atoms with Gasteiger partial charge in [0.1, 0.15) is 6.54 Å². The molecule has 1 saturated carbocycles. The van der Waals surface area contributed by atoms with Crippen molar-refractivity contribution >= 4 is 22.8 Å². The fourth-order valence-corrected chi connectivity index (χ4v) is 3.73. The lowest BCUT2D eigenvalue weighted by molar-refractivity contribution is -0.121. The monoisotopic (exact) mass is 269 g/mol. The Bertz CT molecular complexity index is 354. The summed E-state index contributed by atoms with van der Waals surface area (Å²) in [5, 5.41) is 7.38. The van der Waals surface area contributed by atoms with Crippen molar-refractivity contribution in [1.29, 1.82) is 0 Å². The second kappa shape index (κ2) is 5.11.